The summed E-state index contributed by atoms with van der Waals surface area (Å²) >= 11 is 11.5. The van der Waals surface area contributed by atoms with Crippen molar-refractivity contribution in [3.05, 3.63) is 81.8 Å². The van der Waals surface area contributed by atoms with E-state index >= 15 is 0 Å². The van der Waals surface area contributed by atoms with Gasteiger partial charge in [-0.1, -0.05) is 47.5 Å². The van der Waals surface area contributed by atoms with Gasteiger partial charge in [0.25, 0.3) is 0 Å². The van der Waals surface area contributed by atoms with Crippen LogP contribution in [-0.2, 0) is 33.1 Å². The van der Waals surface area contributed by atoms with Crippen molar-refractivity contribution in [3.8, 4) is 11.5 Å². The van der Waals surface area contributed by atoms with E-state index in [2.05, 4.69) is 9.44 Å². The Morgan fingerprint density at radius 1 is 0.656 bits per heavy atom. The summed E-state index contributed by atoms with van der Waals surface area (Å²) in [4.78, 5) is -0.200. The summed E-state index contributed by atoms with van der Waals surface area (Å²) in [5, 5.41) is 18.7. The molecule has 0 amide bonds. The first-order valence-electron chi connectivity index (χ1n) is 9.02. The molecule has 0 saturated heterocycles. The summed E-state index contributed by atoms with van der Waals surface area (Å²) in [5.74, 6) is -0.453. The Morgan fingerprint density at radius 2 is 1.06 bits per heavy atom. The van der Waals surface area contributed by atoms with Gasteiger partial charge < -0.3 is 10.2 Å². The Bertz CT molecular complexity index is 1260. The third kappa shape index (κ3) is 5.91. The van der Waals surface area contributed by atoms with E-state index in [1.807, 2.05) is 0 Å². The van der Waals surface area contributed by atoms with Crippen molar-refractivity contribution in [2.45, 2.75) is 22.9 Å². The van der Waals surface area contributed by atoms with Gasteiger partial charge in [0.05, 0.1) is 19.8 Å². The maximum Gasteiger partial charge on any atom is 0.240 e. The van der Waals surface area contributed by atoms with E-state index in [0.29, 0.717) is 11.1 Å². The van der Waals surface area contributed by atoms with E-state index in [1.54, 1.807) is 24.3 Å². The average molecular weight is 517 g/mol. The van der Waals surface area contributed by atoms with Crippen LogP contribution in [0.25, 0.3) is 0 Å². The first kappa shape index (κ1) is 24.3. The molecular formula is C20H18Cl2N2O6S2. The number of rotatable bonds is 8. The minimum atomic E-state index is -3.88. The van der Waals surface area contributed by atoms with Gasteiger partial charge in [-0.3, -0.25) is 0 Å². The Kier molecular flexibility index (Phi) is 7.33. The van der Waals surface area contributed by atoms with Crippen LogP contribution >= 0.6 is 23.2 Å². The molecule has 0 unspecified atom stereocenters. The summed E-state index contributed by atoms with van der Waals surface area (Å²) < 4.78 is 54.7. The Hall–Kier alpha value is -2.34. The molecule has 3 aromatic rings. The number of phenolic OH excluding ortho intramolecular Hbond substituents is 2. The maximum absolute atomic E-state index is 12.4. The molecule has 8 nitrogen and oxygen atoms in total. The van der Waals surface area contributed by atoms with E-state index in [-0.39, 0.29) is 44.4 Å². The summed E-state index contributed by atoms with van der Waals surface area (Å²) in [5.41, 5.74) is 1.20. The number of hydrogen-bond acceptors (Lipinski definition) is 6. The molecular weight excluding hydrogens is 499 g/mol. The maximum atomic E-state index is 12.4. The second kappa shape index (κ2) is 9.65. The zero-order chi connectivity index (χ0) is 23.5. The van der Waals surface area contributed by atoms with Crippen LogP contribution in [0.5, 0.6) is 11.5 Å². The molecule has 0 bridgehead atoms. The smallest absolute Gasteiger partial charge is 0.240 e. The van der Waals surface area contributed by atoms with E-state index in [1.165, 1.54) is 24.3 Å². The molecule has 4 N–H and O–H groups in total. The number of phenols is 2. The van der Waals surface area contributed by atoms with Crippen LogP contribution in [-0.4, -0.2) is 27.0 Å². The van der Waals surface area contributed by atoms with E-state index < -0.39 is 20.0 Å². The normalized spacial score (nSPS) is 12.1. The van der Waals surface area contributed by atoms with Crippen molar-refractivity contribution in [3.63, 3.8) is 0 Å². The molecule has 12 heteroatoms. The van der Waals surface area contributed by atoms with Gasteiger partial charge >= 0.3 is 0 Å². The van der Waals surface area contributed by atoms with Crippen LogP contribution in [0.3, 0.4) is 0 Å². The first-order chi connectivity index (χ1) is 15.0. The SMILES string of the molecule is O=S(=O)(NCc1cccc(CNS(=O)(=O)c2ccc(O)c(Cl)c2)c1)c1ccc(O)c(Cl)c1. The fourth-order valence-electron chi connectivity index (χ4n) is 2.68. The number of halogens is 2. The van der Waals surface area contributed by atoms with Crippen LogP contribution in [0.15, 0.2) is 70.5 Å². The highest BCUT2D eigenvalue weighted by Gasteiger charge is 2.17. The monoisotopic (exact) mass is 516 g/mol. The predicted molar refractivity (Wildman–Crippen MR) is 121 cm³/mol. The number of benzene rings is 3. The second-order valence-electron chi connectivity index (χ2n) is 6.70. The van der Waals surface area contributed by atoms with Gasteiger partial charge in [0.1, 0.15) is 11.5 Å². The highest BCUT2D eigenvalue weighted by Crippen LogP contribution is 2.27. The lowest BCUT2D eigenvalue weighted by atomic mass is 10.1. The van der Waals surface area contributed by atoms with Crippen molar-refractivity contribution in [1.29, 1.82) is 0 Å². The number of aromatic hydroxyl groups is 2. The predicted octanol–water partition coefficient (Wildman–Crippen LogP) is 3.36. The standard InChI is InChI=1S/C20H18Cl2N2O6S2/c21-17-9-15(4-6-19(17)25)31(27,28)23-11-13-2-1-3-14(8-13)12-24-32(29,30)16-5-7-20(26)18(22)10-16/h1-10,23-26H,11-12H2. The summed E-state index contributed by atoms with van der Waals surface area (Å²) in [7, 11) is -7.76. The summed E-state index contributed by atoms with van der Waals surface area (Å²) in [6, 6.07) is 13.8. The van der Waals surface area contributed by atoms with Gasteiger partial charge in [-0.05, 0) is 47.5 Å². The lowest BCUT2D eigenvalue weighted by Crippen LogP contribution is -2.24. The van der Waals surface area contributed by atoms with E-state index in [9.17, 15) is 27.0 Å². The zero-order valence-corrected chi connectivity index (χ0v) is 19.4. The highest BCUT2D eigenvalue weighted by atomic mass is 35.5. The topological polar surface area (TPSA) is 133 Å². The molecule has 0 radical (unpaired) electrons. The second-order valence-corrected chi connectivity index (χ2v) is 11.0. The van der Waals surface area contributed by atoms with Crippen LogP contribution in [0.4, 0.5) is 0 Å². The van der Waals surface area contributed by atoms with Gasteiger partial charge in [-0.25, -0.2) is 26.3 Å². The lowest BCUT2D eigenvalue weighted by Gasteiger charge is -2.10. The summed E-state index contributed by atoms with van der Waals surface area (Å²) in [6.45, 7) is -0.0933. The van der Waals surface area contributed by atoms with Gasteiger partial charge in [0, 0.05) is 13.1 Å². The molecule has 0 atom stereocenters. The lowest BCUT2D eigenvalue weighted by molar-refractivity contribution is 0.474. The highest BCUT2D eigenvalue weighted by molar-refractivity contribution is 7.89. The fourth-order valence-corrected chi connectivity index (χ4v) is 5.26. The van der Waals surface area contributed by atoms with Crippen LogP contribution in [0.1, 0.15) is 11.1 Å². The first-order valence-corrected chi connectivity index (χ1v) is 12.7. The number of hydrogen-bond donors (Lipinski definition) is 4. The molecule has 3 rings (SSSR count). The molecule has 0 aliphatic carbocycles. The van der Waals surface area contributed by atoms with E-state index in [0.717, 1.165) is 12.1 Å². The summed E-state index contributed by atoms with van der Waals surface area (Å²) in [6.07, 6.45) is 0. The average Bonchev–Trinajstić information content (AvgIpc) is 2.75. The Labute approximate surface area is 195 Å². The van der Waals surface area contributed by atoms with Crippen LogP contribution in [0.2, 0.25) is 10.0 Å². The van der Waals surface area contributed by atoms with Gasteiger partial charge in [0.2, 0.25) is 20.0 Å². The molecule has 3 aromatic carbocycles. The molecule has 0 fully saturated rings. The molecule has 170 valence electrons. The molecule has 0 saturated carbocycles. The molecule has 0 aliphatic rings. The zero-order valence-electron chi connectivity index (χ0n) is 16.3. The van der Waals surface area contributed by atoms with Gasteiger partial charge in [-0.2, -0.15) is 0 Å². The van der Waals surface area contributed by atoms with Crippen LogP contribution < -0.4 is 9.44 Å². The molecule has 0 spiro atoms. The number of sulfonamides is 2. The fraction of sp³-hybridized carbons (Fsp3) is 0.100. The number of nitrogens with one attached hydrogen (secondary N) is 2. The van der Waals surface area contributed by atoms with Crippen molar-refractivity contribution >= 4 is 43.2 Å². The van der Waals surface area contributed by atoms with Gasteiger partial charge in [0.15, 0.2) is 0 Å². The third-order valence-corrected chi connectivity index (χ3v) is 7.79. The molecule has 0 aliphatic heterocycles. The van der Waals surface area contributed by atoms with Crippen molar-refractivity contribution < 1.29 is 27.0 Å². The Morgan fingerprint density at radius 3 is 1.44 bits per heavy atom. The minimum Gasteiger partial charge on any atom is -0.506 e. The van der Waals surface area contributed by atoms with Crippen molar-refractivity contribution in [2.24, 2.45) is 0 Å². The van der Waals surface area contributed by atoms with Crippen molar-refractivity contribution in [2.75, 3.05) is 0 Å². The quantitative estimate of drug-likeness (QED) is 0.362. The van der Waals surface area contributed by atoms with Crippen LogP contribution in [0, 0.1) is 0 Å². The van der Waals surface area contributed by atoms with Gasteiger partial charge in [-0.15, -0.1) is 0 Å². The minimum absolute atomic E-state index is 0.0466. The largest absolute Gasteiger partial charge is 0.506 e. The third-order valence-electron chi connectivity index (χ3n) is 4.38. The van der Waals surface area contributed by atoms with Crippen molar-refractivity contribution in [1.82, 2.24) is 9.44 Å². The molecule has 32 heavy (non-hydrogen) atoms. The Balaban J connectivity index is 1.67. The molecule has 0 aromatic heterocycles. The molecule has 0 heterocycles. The van der Waals surface area contributed by atoms with E-state index in [4.69, 9.17) is 23.2 Å².